The van der Waals surface area contributed by atoms with Gasteiger partial charge in [0.1, 0.15) is 0 Å². The molecule has 0 fully saturated rings. The second-order valence-corrected chi connectivity index (χ2v) is 2.83. The van der Waals surface area contributed by atoms with Gasteiger partial charge in [-0.2, -0.15) is 5.26 Å². The summed E-state index contributed by atoms with van der Waals surface area (Å²) >= 11 is 0. The Bertz CT molecular complexity index is 334. The number of hydrogen-bond acceptors (Lipinski definition) is 2. The molecular formula is C10H12N2. The molecule has 62 valence electrons. The van der Waals surface area contributed by atoms with Crippen molar-refractivity contribution in [1.29, 1.82) is 5.26 Å². The van der Waals surface area contributed by atoms with E-state index in [-0.39, 0.29) is 0 Å². The Morgan fingerprint density at radius 1 is 1.50 bits per heavy atom. The van der Waals surface area contributed by atoms with Gasteiger partial charge >= 0.3 is 0 Å². The van der Waals surface area contributed by atoms with Crippen molar-refractivity contribution >= 4 is 5.69 Å². The fraction of sp³-hybridized carbons (Fsp3) is 0.300. The minimum Gasteiger partial charge on any atom is -0.399 e. The lowest BCUT2D eigenvalue weighted by molar-refractivity contribution is 1.12. The molecule has 2 nitrogen and oxygen atoms in total. The van der Waals surface area contributed by atoms with Gasteiger partial charge < -0.3 is 5.73 Å². The third kappa shape index (κ3) is 1.40. The van der Waals surface area contributed by atoms with Crippen LogP contribution in [0.5, 0.6) is 0 Å². The summed E-state index contributed by atoms with van der Waals surface area (Å²) in [5, 5.41) is 8.77. The molecule has 1 rings (SSSR count). The first-order chi connectivity index (χ1) is 5.69. The number of nitrogens with zero attached hydrogens (tertiary/aromatic N) is 1. The zero-order chi connectivity index (χ0) is 9.14. The molecular weight excluding hydrogens is 148 g/mol. The fourth-order valence-corrected chi connectivity index (χ4v) is 1.17. The molecule has 2 heteroatoms. The number of benzene rings is 1. The van der Waals surface area contributed by atoms with Crippen molar-refractivity contribution in [3.8, 4) is 6.07 Å². The van der Waals surface area contributed by atoms with E-state index < -0.39 is 0 Å². The van der Waals surface area contributed by atoms with E-state index in [2.05, 4.69) is 6.07 Å². The lowest BCUT2D eigenvalue weighted by Gasteiger charge is -2.04. The van der Waals surface area contributed by atoms with Crippen LogP contribution in [0.3, 0.4) is 0 Å². The number of nitriles is 1. The van der Waals surface area contributed by atoms with Crippen LogP contribution < -0.4 is 5.73 Å². The molecule has 0 aromatic heterocycles. The van der Waals surface area contributed by atoms with Gasteiger partial charge in [-0.15, -0.1) is 0 Å². The van der Waals surface area contributed by atoms with Crippen molar-refractivity contribution < 1.29 is 0 Å². The molecule has 0 saturated carbocycles. The number of nitrogen functional groups attached to an aromatic ring is 1. The second-order valence-electron chi connectivity index (χ2n) is 2.83. The number of anilines is 1. The van der Waals surface area contributed by atoms with Gasteiger partial charge in [0.25, 0.3) is 0 Å². The van der Waals surface area contributed by atoms with E-state index >= 15 is 0 Å². The van der Waals surface area contributed by atoms with Gasteiger partial charge in [0, 0.05) is 5.69 Å². The van der Waals surface area contributed by atoms with Gasteiger partial charge in [-0.25, -0.2) is 0 Å². The molecule has 0 unspecified atom stereocenters. The van der Waals surface area contributed by atoms with Crippen molar-refractivity contribution in [3.63, 3.8) is 0 Å². The largest absolute Gasteiger partial charge is 0.399 e. The molecule has 0 heterocycles. The first-order valence-corrected chi connectivity index (χ1v) is 3.98. The maximum atomic E-state index is 8.77. The summed E-state index contributed by atoms with van der Waals surface area (Å²) in [4.78, 5) is 0. The van der Waals surface area contributed by atoms with Crippen LogP contribution in [0.15, 0.2) is 12.1 Å². The summed E-state index contributed by atoms with van der Waals surface area (Å²) in [7, 11) is 0. The van der Waals surface area contributed by atoms with Gasteiger partial charge in [-0.3, -0.25) is 0 Å². The van der Waals surface area contributed by atoms with E-state index in [1.807, 2.05) is 26.0 Å². The summed E-state index contributed by atoms with van der Waals surface area (Å²) < 4.78 is 0. The quantitative estimate of drug-likeness (QED) is 0.639. The maximum absolute atomic E-state index is 8.77. The van der Waals surface area contributed by atoms with Gasteiger partial charge in [0.15, 0.2) is 0 Å². The van der Waals surface area contributed by atoms with Crippen LogP contribution in [0, 0.1) is 18.3 Å². The molecule has 1 aromatic rings. The first-order valence-electron chi connectivity index (χ1n) is 3.98. The molecule has 0 atom stereocenters. The van der Waals surface area contributed by atoms with E-state index in [1.165, 1.54) is 0 Å². The predicted molar refractivity (Wildman–Crippen MR) is 49.7 cm³/mol. The molecule has 2 N–H and O–H groups in total. The zero-order valence-corrected chi connectivity index (χ0v) is 7.39. The monoisotopic (exact) mass is 160 g/mol. The average Bonchev–Trinajstić information content (AvgIpc) is 2.09. The van der Waals surface area contributed by atoms with Gasteiger partial charge in [-0.1, -0.05) is 6.92 Å². The number of aryl methyl sites for hydroxylation is 2. The molecule has 0 aliphatic heterocycles. The molecule has 0 bridgehead atoms. The predicted octanol–water partition coefficient (Wildman–Crippen LogP) is 2.01. The minimum absolute atomic E-state index is 0.740. The second kappa shape index (κ2) is 3.27. The molecule has 0 saturated heterocycles. The molecule has 1 aromatic carbocycles. The highest BCUT2D eigenvalue weighted by Gasteiger charge is 2.02. The number of nitrogens with two attached hydrogens (primary N) is 1. The van der Waals surface area contributed by atoms with Crippen LogP contribution in [0.1, 0.15) is 23.6 Å². The van der Waals surface area contributed by atoms with E-state index in [9.17, 15) is 0 Å². The van der Waals surface area contributed by atoms with Gasteiger partial charge in [-0.05, 0) is 36.6 Å². The summed E-state index contributed by atoms with van der Waals surface area (Å²) in [6.07, 6.45) is 0.855. The first kappa shape index (κ1) is 8.61. The Labute approximate surface area is 72.6 Å². The highest BCUT2D eigenvalue weighted by molar-refractivity contribution is 5.54. The van der Waals surface area contributed by atoms with Crippen LogP contribution in [-0.4, -0.2) is 0 Å². The van der Waals surface area contributed by atoms with E-state index in [4.69, 9.17) is 11.0 Å². The normalized spacial score (nSPS) is 9.42. The van der Waals surface area contributed by atoms with Crippen LogP contribution in [0.25, 0.3) is 0 Å². The van der Waals surface area contributed by atoms with Crippen molar-refractivity contribution in [2.45, 2.75) is 20.3 Å². The highest BCUT2D eigenvalue weighted by Crippen LogP contribution is 2.17. The lowest BCUT2D eigenvalue weighted by atomic mass is 10.0. The summed E-state index contributed by atoms with van der Waals surface area (Å²) in [5.74, 6) is 0. The third-order valence-electron chi connectivity index (χ3n) is 1.99. The van der Waals surface area contributed by atoms with Crippen molar-refractivity contribution in [3.05, 3.63) is 28.8 Å². The Morgan fingerprint density at radius 3 is 2.67 bits per heavy atom. The summed E-state index contributed by atoms with van der Waals surface area (Å²) in [5.41, 5.74) is 9.22. The maximum Gasteiger partial charge on any atom is 0.0994 e. The van der Waals surface area contributed by atoms with E-state index in [0.29, 0.717) is 0 Å². The molecule has 0 aliphatic carbocycles. The van der Waals surface area contributed by atoms with Gasteiger partial charge in [0.2, 0.25) is 0 Å². The van der Waals surface area contributed by atoms with Crippen molar-refractivity contribution in [2.75, 3.05) is 5.73 Å². The molecule has 0 amide bonds. The van der Waals surface area contributed by atoms with Crippen molar-refractivity contribution in [1.82, 2.24) is 0 Å². The smallest absolute Gasteiger partial charge is 0.0994 e. The molecule has 0 aliphatic rings. The minimum atomic E-state index is 0.740. The summed E-state index contributed by atoms with van der Waals surface area (Å²) in [6.45, 7) is 3.93. The highest BCUT2D eigenvalue weighted by atomic mass is 14.6. The van der Waals surface area contributed by atoms with Crippen LogP contribution >= 0.6 is 0 Å². The van der Waals surface area contributed by atoms with Crippen LogP contribution in [0.4, 0.5) is 5.69 Å². The number of hydrogen-bond donors (Lipinski definition) is 1. The molecule has 12 heavy (non-hydrogen) atoms. The van der Waals surface area contributed by atoms with Crippen LogP contribution in [-0.2, 0) is 6.42 Å². The third-order valence-corrected chi connectivity index (χ3v) is 1.99. The molecule has 0 radical (unpaired) electrons. The Hall–Kier alpha value is -1.49. The lowest BCUT2D eigenvalue weighted by Crippen LogP contribution is -1.95. The standard InChI is InChI=1S/C10H12N2/c1-3-8-5-10(12)7(2)4-9(8)6-11/h4-5H,3,12H2,1-2H3. The average molecular weight is 160 g/mol. The topological polar surface area (TPSA) is 49.8 Å². The Morgan fingerprint density at radius 2 is 2.17 bits per heavy atom. The molecule has 0 spiro atoms. The van der Waals surface area contributed by atoms with E-state index in [0.717, 1.165) is 28.8 Å². The van der Waals surface area contributed by atoms with E-state index in [1.54, 1.807) is 0 Å². The fourth-order valence-electron chi connectivity index (χ4n) is 1.17. The Kier molecular flexibility index (Phi) is 2.35. The zero-order valence-electron chi connectivity index (χ0n) is 7.39. The summed E-state index contributed by atoms with van der Waals surface area (Å²) in [6, 6.07) is 5.88. The van der Waals surface area contributed by atoms with Crippen LogP contribution in [0.2, 0.25) is 0 Å². The SMILES string of the molecule is CCc1cc(N)c(C)cc1C#N. The van der Waals surface area contributed by atoms with Gasteiger partial charge in [0.05, 0.1) is 11.6 Å². The number of rotatable bonds is 1. The van der Waals surface area contributed by atoms with Crippen molar-refractivity contribution in [2.24, 2.45) is 0 Å². The Balaban J connectivity index is 3.31.